The van der Waals surface area contributed by atoms with Crippen molar-refractivity contribution >= 4 is 22.8 Å². The monoisotopic (exact) mass is 363 g/mol. The van der Waals surface area contributed by atoms with Crippen molar-refractivity contribution in [1.29, 1.82) is 0 Å². The number of anilines is 1. The number of hydrogen-bond acceptors (Lipinski definition) is 5. The highest BCUT2D eigenvalue weighted by Crippen LogP contribution is 2.41. The fourth-order valence-corrected chi connectivity index (χ4v) is 3.76. The molecule has 2 heterocycles. The van der Waals surface area contributed by atoms with Gasteiger partial charge in [0, 0.05) is 11.3 Å². The van der Waals surface area contributed by atoms with E-state index in [0.29, 0.717) is 17.1 Å². The highest BCUT2D eigenvalue weighted by Gasteiger charge is 2.32. The van der Waals surface area contributed by atoms with Crippen LogP contribution in [0.2, 0.25) is 0 Å². The van der Waals surface area contributed by atoms with Gasteiger partial charge in [-0.15, -0.1) is 0 Å². The molecule has 2 aromatic carbocycles. The van der Waals surface area contributed by atoms with E-state index in [-0.39, 0.29) is 11.8 Å². The molecule has 0 amide bonds. The molecule has 0 radical (unpaired) electrons. The van der Waals surface area contributed by atoms with E-state index in [2.05, 4.69) is 9.88 Å². The van der Waals surface area contributed by atoms with Gasteiger partial charge in [-0.3, -0.25) is 9.36 Å². The van der Waals surface area contributed by atoms with Gasteiger partial charge < -0.3 is 14.8 Å². The molecule has 0 aliphatic carbocycles. The minimum atomic E-state index is -0.300. The molecule has 138 valence electrons. The molecular formula is C21H21N3O3. The molecule has 0 unspecified atom stereocenters. The van der Waals surface area contributed by atoms with Crippen molar-refractivity contribution in [2.45, 2.75) is 19.9 Å². The molecule has 1 atom stereocenters. The Labute approximate surface area is 157 Å². The average Bonchev–Trinajstić information content (AvgIpc) is 3.03. The SMILES string of the molecule is COc1ccc([C@@H]2C(C(C)=O)=C(C)Nc3nc4ccccc4n32)cc1OC. The summed E-state index contributed by atoms with van der Waals surface area (Å²) < 4.78 is 12.9. The van der Waals surface area contributed by atoms with Crippen LogP contribution in [0.1, 0.15) is 25.5 Å². The molecule has 1 aliphatic heterocycles. The van der Waals surface area contributed by atoms with Gasteiger partial charge in [0.1, 0.15) is 0 Å². The van der Waals surface area contributed by atoms with E-state index in [1.165, 1.54) is 0 Å². The molecular weight excluding hydrogens is 342 g/mol. The molecule has 0 spiro atoms. The fraction of sp³-hybridized carbons (Fsp3) is 0.238. The Kier molecular flexibility index (Phi) is 4.11. The molecule has 0 saturated heterocycles. The summed E-state index contributed by atoms with van der Waals surface area (Å²) in [6, 6.07) is 13.4. The molecule has 0 saturated carbocycles. The minimum Gasteiger partial charge on any atom is -0.493 e. The van der Waals surface area contributed by atoms with Crippen molar-refractivity contribution in [1.82, 2.24) is 9.55 Å². The molecule has 4 rings (SSSR count). The van der Waals surface area contributed by atoms with E-state index in [4.69, 9.17) is 14.5 Å². The molecule has 3 aromatic rings. The van der Waals surface area contributed by atoms with E-state index >= 15 is 0 Å². The topological polar surface area (TPSA) is 65.4 Å². The van der Waals surface area contributed by atoms with Gasteiger partial charge in [0.25, 0.3) is 0 Å². The Hall–Kier alpha value is -3.28. The minimum absolute atomic E-state index is 0.0169. The second kappa shape index (κ2) is 6.46. The number of benzene rings is 2. The van der Waals surface area contributed by atoms with E-state index in [9.17, 15) is 4.79 Å². The van der Waals surface area contributed by atoms with Crippen molar-refractivity contribution in [2.24, 2.45) is 0 Å². The number of nitrogens with one attached hydrogen (secondary N) is 1. The van der Waals surface area contributed by atoms with Crippen LogP contribution in [-0.4, -0.2) is 29.6 Å². The van der Waals surface area contributed by atoms with Gasteiger partial charge in [0.05, 0.1) is 31.3 Å². The number of imidazole rings is 1. The van der Waals surface area contributed by atoms with Crippen molar-refractivity contribution < 1.29 is 14.3 Å². The van der Waals surface area contributed by atoms with Crippen LogP contribution in [0.5, 0.6) is 11.5 Å². The van der Waals surface area contributed by atoms with E-state index in [0.717, 1.165) is 28.2 Å². The summed E-state index contributed by atoms with van der Waals surface area (Å²) in [6.45, 7) is 3.51. The molecule has 1 N–H and O–H groups in total. The van der Waals surface area contributed by atoms with Crippen LogP contribution < -0.4 is 14.8 Å². The maximum absolute atomic E-state index is 12.6. The number of Topliss-reactive ketones (excluding diaryl/α,β-unsaturated/α-hetero) is 1. The van der Waals surface area contributed by atoms with Gasteiger partial charge in [0.15, 0.2) is 17.3 Å². The summed E-state index contributed by atoms with van der Waals surface area (Å²) in [5, 5.41) is 3.29. The number of ether oxygens (including phenoxy) is 2. The Balaban J connectivity index is 2.00. The lowest BCUT2D eigenvalue weighted by atomic mass is 9.92. The van der Waals surface area contributed by atoms with Gasteiger partial charge >= 0.3 is 0 Å². The lowest BCUT2D eigenvalue weighted by Gasteiger charge is -2.30. The van der Waals surface area contributed by atoms with Gasteiger partial charge in [0.2, 0.25) is 5.95 Å². The Morgan fingerprint density at radius 1 is 1.11 bits per heavy atom. The summed E-state index contributed by atoms with van der Waals surface area (Å²) in [6.07, 6.45) is 0. The quantitative estimate of drug-likeness (QED) is 0.761. The number of carbonyl (C=O) groups excluding carboxylic acids is 1. The van der Waals surface area contributed by atoms with Crippen molar-refractivity contribution in [3.05, 3.63) is 59.3 Å². The third-order valence-corrected chi connectivity index (χ3v) is 4.93. The maximum Gasteiger partial charge on any atom is 0.209 e. The van der Waals surface area contributed by atoms with Crippen LogP contribution in [0, 0.1) is 0 Å². The summed E-state index contributed by atoms with van der Waals surface area (Å²) in [5.41, 5.74) is 4.29. The average molecular weight is 363 g/mol. The number of fused-ring (bicyclic) bond motifs is 3. The van der Waals surface area contributed by atoms with E-state index in [1.54, 1.807) is 21.1 Å². The number of allylic oxidation sites excluding steroid dienone is 2. The molecule has 6 nitrogen and oxygen atoms in total. The molecule has 6 heteroatoms. The zero-order valence-corrected chi connectivity index (χ0v) is 15.7. The number of ketones is 1. The van der Waals surface area contributed by atoms with Gasteiger partial charge in [-0.25, -0.2) is 4.98 Å². The normalized spacial score (nSPS) is 16.1. The predicted molar refractivity (Wildman–Crippen MR) is 104 cm³/mol. The highest BCUT2D eigenvalue weighted by atomic mass is 16.5. The van der Waals surface area contributed by atoms with Gasteiger partial charge in [-0.05, 0) is 43.7 Å². The Morgan fingerprint density at radius 3 is 2.56 bits per heavy atom. The zero-order valence-electron chi connectivity index (χ0n) is 15.7. The van der Waals surface area contributed by atoms with E-state index < -0.39 is 0 Å². The standard InChI is InChI=1S/C21H21N3O3/c1-12-19(13(2)25)20(14-9-10-17(26-3)18(11-14)27-4)24-16-8-6-5-7-15(16)23-21(24)22-12/h5-11,20H,1-4H3,(H,22,23)/t20-/m1/s1. The summed E-state index contributed by atoms with van der Waals surface area (Å²) >= 11 is 0. The molecule has 27 heavy (non-hydrogen) atoms. The van der Waals surface area contributed by atoms with Crippen LogP contribution in [0.3, 0.4) is 0 Å². The Bertz CT molecular complexity index is 1080. The molecule has 1 aromatic heterocycles. The lowest BCUT2D eigenvalue weighted by Crippen LogP contribution is -2.27. The second-order valence-electron chi connectivity index (χ2n) is 6.53. The first kappa shape index (κ1) is 17.1. The molecule has 0 fully saturated rings. The van der Waals surface area contributed by atoms with Gasteiger partial charge in [-0.1, -0.05) is 18.2 Å². The third kappa shape index (κ3) is 2.65. The van der Waals surface area contributed by atoms with Crippen molar-refractivity contribution in [3.8, 4) is 11.5 Å². The molecule has 1 aliphatic rings. The van der Waals surface area contributed by atoms with Gasteiger partial charge in [-0.2, -0.15) is 0 Å². The largest absolute Gasteiger partial charge is 0.493 e. The Morgan fingerprint density at radius 2 is 1.85 bits per heavy atom. The number of methoxy groups -OCH3 is 2. The summed E-state index contributed by atoms with van der Waals surface area (Å²) in [5.74, 6) is 2.01. The zero-order chi connectivity index (χ0) is 19.1. The smallest absolute Gasteiger partial charge is 0.209 e. The van der Waals surface area contributed by atoms with Crippen LogP contribution in [-0.2, 0) is 4.79 Å². The number of aromatic nitrogens is 2. The van der Waals surface area contributed by atoms with Crippen molar-refractivity contribution in [3.63, 3.8) is 0 Å². The van der Waals surface area contributed by atoms with Crippen molar-refractivity contribution in [2.75, 3.05) is 19.5 Å². The summed E-state index contributed by atoms with van der Waals surface area (Å²) in [7, 11) is 3.21. The maximum atomic E-state index is 12.6. The first-order valence-electron chi connectivity index (χ1n) is 8.72. The fourth-order valence-electron chi connectivity index (χ4n) is 3.76. The number of para-hydroxylation sites is 2. The van der Waals surface area contributed by atoms with Crippen LogP contribution in [0.25, 0.3) is 11.0 Å². The second-order valence-corrected chi connectivity index (χ2v) is 6.53. The van der Waals surface area contributed by atoms with Crippen LogP contribution in [0.15, 0.2) is 53.7 Å². The number of hydrogen-bond donors (Lipinski definition) is 1. The highest BCUT2D eigenvalue weighted by molar-refractivity contribution is 5.97. The van der Waals surface area contributed by atoms with E-state index in [1.807, 2.05) is 49.4 Å². The lowest BCUT2D eigenvalue weighted by molar-refractivity contribution is -0.114. The van der Waals surface area contributed by atoms with Crippen LogP contribution in [0.4, 0.5) is 5.95 Å². The first-order chi connectivity index (χ1) is 13.0. The number of carbonyl (C=O) groups is 1. The summed E-state index contributed by atoms with van der Waals surface area (Å²) in [4.78, 5) is 17.3. The number of nitrogens with zero attached hydrogens (tertiary/aromatic N) is 2. The third-order valence-electron chi connectivity index (χ3n) is 4.93. The number of rotatable bonds is 4. The molecule has 0 bridgehead atoms. The predicted octanol–water partition coefficient (Wildman–Crippen LogP) is 3.93. The van der Waals surface area contributed by atoms with Crippen LogP contribution >= 0.6 is 0 Å². The first-order valence-corrected chi connectivity index (χ1v) is 8.72.